The Morgan fingerprint density at radius 3 is 2.50 bits per heavy atom. The molecule has 4 rings (SSSR count). The first-order valence-electron chi connectivity index (χ1n) is 10.00. The number of rotatable bonds is 6. The number of aromatic nitrogens is 2. The standard InChI is InChI=1S/C25H24N2OS2/c1-15(2)18-7-9-19(10-8-18)21-12-29-24-23(21)25(27-14-26-24)30-13-22(28)20-6-5-16(3)17(4)11-20/h5-12,14-15H,13H2,1-4H3. The predicted octanol–water partition coefficient (Wildman–Crippen LogP) is 7.07. The zero-order valence-corrected chi connectivity index (χ0v) is 19.2. The molecule has 2 aromatic heterocycles. The van der Waals surface area contributed by atoms with Crippen molar-refractivity contribution in [1.29, 1.82) is 0 Å². The minimum absolute atomic E-state index is 0.118. The lowest BCUT2D eigenvalue weighted by Crippen LogP contribution is -2.03. The maximum Gasteiger partial charge on any atom is 0.173 e. The smallest absolute Gasteiger partial charge is 0.173 e. The molecular formula is C25H24N2OS2. The third-order valence-corrected chi connectivity index (χ3v) is 7.27. The molecule has 152 valence electrons. The van der Waals surface area contributed by atoms with Crippen molar-refractivity contribution in [1.82, 2.24) is 9.97 Å². The molecule has 0 amide bonds. The van der Waals surface area contributed by atoms with E-state index in [9.17, 15) is 4.79 Å². The number of carbonyl (C=O) groups excluding carboxylic acids is 1. The molecule has 2 aromatic carbocycles. The first kappa shape index (κ1) is 20.8. The molecule has 0 aliphatic carbocycles. The van der Waals surface area contributed by atoms with Gasteiger partial charge < -0.3 is 0 Å². The number of thioether (sulfide) groups is 1. The van der Waals surface area contributed by atoms with E-state index >= 15 is 0 Å². The van der Waals surface area contributed by atoms with Crippen LogP contribution in [0.5, 0.6) is 0 Å². The van der Waals surface area contributed by atoms with Gasteiger partial charge in [-0.25, -0.2) is 9.97 Å². The average Bonchev–Trinajstić information content (AvgIpc) is 3.19. The number of aryl methyl sites for hydroxylation is 2. The SMILES string of the molecule is Cc1ccc(C(=O)CSc2ncnc3scc(-c4ccc(C(C)C)cc4)c23)cc1C. The van der Waals surface area contributed by atoms with Crippen LogP contribution in [0.3, 0.4) is 0 Å². The van der Waals surface area contributed by atoms with Gasteiger partial charge in [0.2, 0.25) is 0 Å². The van der Waals surface area contributed by atoms with Crippen LogP contribution in [0.2, 0.25) is 0 Å². The molecule has 0 N–H and O–H groups in total. The summed E-state index contributed by atoms with van der Waals surface area (Å²) in [6.45, 7) is 8.49. The number of hydrogen-bond donors (Lipinski definition) is 0. The van der Waals surface area contributed by atoms with Crippen molar-refractivity contribution >= 4 is 39.1 Å². The van der Waals surface area contributed by atoms with E-state index in [1.165, 1.54) is 22.9 Å². The van der Waals surface area contributed by atoms with Crippen LogP contribution >= 0.6 is 23.1 Å². The van der Waals surface area contributed by atoms with Gasteiger partial charge in [-0.05, 0) is 48.1 Å². The minimum Gasteiger partial charge on any atom is -0.293 e. The highest BCUT2D eigenvalue weighted by atomic mass is 32.2. The van der Waals surface area contributed by atoms with E-state index in [0.29, 0.717) is 11.7 Å². The number of benzene rings is 2. The van der Waals surface area contributed by atoms with Crippen LogP contribution < -0.4 is 0 Å². The largest absolute Gasteiger partial charge is 0.293 e. The number of fused-ring (bicyclic) bond motifs is 1. The van der Waals surface area contributed by atoms with E-state index in [-0.39, 0.29) is 5.78 Å². The summed E-state index contributed by atoms with van der Waals surface area (Å²) in [5, 5.41) is 4.04. The summed E-state index contributed by atoms with van der Waals surface area (Å²) in [4.78, 5) is 22.7. The third kappa shape index (κ3) is 4.18. The van der Waals surface area contributed by atoms with E-state index in [2.05, 4.69) is 60.4 Å². The minimum atomic E-state index is 0.118. The first-order chi connectivity index (χ1) is 14.4. The maximum absolute atomic E-state index is 12.8. The van der Waals surface area contributed by atoms with Gasteiger partial charge in [-0.15, -0.1) is 11.3 Å². The molecule has 0 spiro atoms. The van der Waals surface area contributed by atoms with E-state index in [1.807, 2.05) is 25.1 Å². The van der Waals surface area contributed by atoms with Gasteiger partial charge in [-0.2, -0.15) is 0 Å². The Morgan fingerprint density at radius 1 is 1.03 bits per heavy atom. The van der Waals surface area contributed by atoms with Crippen LogP contribution in [0.15, 0.2) is 59.2 Å². The molecule has 0 aliphatic heterocycles. The van der Waals surface area contributed by atoms with Gasteiger partial charge in [0.15, 0.2) is 5.78 Å². The Kier molecular flexibility index (Phi) is 6.02. The molecule has 2 heterocycles. The Labute approximate surface area is 185 Å². The molecule has 3 nitrogen and oxygen atoms in total. The van der Waals surface area contributed by atoms with Crippen LogP contribution in [-0.4, -0.2) is 21.5 Å². The van der Waals surface area contributed by atoms with E-state index < -0.39 is 0 Å². The molecule has 0 bridgehead atoms. The summed E-state index contributed by atoms with van der Waals surface area (Å²) in [5.74, 6) is 0.980. The zero-order valence-electron chi connectivity index (χ0n) is 17.6. The molecule has 4 aromatic rings. The van der Waals surface area contributed by atoms with Crippen molar-refractivity contribution in [3.05, 3.63) is 76.4 Å². The summed E-state index contributed by atoms with van der Waals surface area (Å²) >= 11 is 3.11. The highest BCUT2D eigenvalue weighted by Gasteiger charge is 2.16. The topological polar surface area (TPSA) is 42.9 Å². The Balaban J connectivity index is 1.62. The number of Topliss-reactive ketones (excluding diaryl/α,β-unsaturated/α-hetero) is 1. The van der Waals surface area contributed by atoms with Gasteiger partial charge in [-0.1, -0.05) is 62.0 Å². The lowest BCUT2D eigenvalue weighted by atomic mass is 9.99. The fourth-order valence-electron chi connectivity index (χ4n) is 3.35. The number of hydrogen-bond acceptors (Lipinski definition) is 5. The highest BCUT2D eigenvalue weighted by Crippen LogP contribution is 2.38. The van der Waals surface area contributed by atoms with Crippen molar-refractivity contribution in [3.63, 3.8) is 0 Å². The summed E-state index contributed by atoms with van der Waals surface area (Å²) in [5.41, 5.74) is 6.70. The van der Waals surface area contributed by atoms with Crippen molar-refractivity contribution in [3.8, 4) is 11.1 Å². The number of thiophene rings is 1. The molecule has 0 fully saturated rings. The molecule has 0 aliphatic rings. The summed E-state index contributed by atoms with van der Waals surface area (Å²) in [7, 11) is 0. The van der Waals surface area contributed by atoms with Crippen LogP contribution in [0.25, 0.3) is 21.3 Å². The van der Waals surface area contributed by atoms with Gasteiger partial charge in [0, 0.05) is 16.5 Å². The fraction of sp³-hybridized carbons (Fsp3) is 0.240. The highest BCUT2D eigenvalue weighted by molar-refractivity contribution is 8.00. The molecule has 0 saturated heterocycles. The van der Waals surface area contributed by atoms with E-state index in [0.717, 1.165) is 37.5 Å². The van der Waals surface area contributed by atoms with Gasteiger partial charge in [0.1, 0.15) is 16.2 Å². The summed E-state index contributed by atoms with van der Waals surface area (Å²) in [6.07, 6.45) is 1.59. The second-order valence-electron chi connectivity index (χ2n) is 7.80. The third-order valence-electron chi connectivity index (χ3n) is 5.39. The first-order valence-corrected chi connectivity index (χ1v) is 11.9. The van der Waals surface area contributed by atoms with Crippen LogP contribution in [0, 0.1) is 13.8 Å². The van der Waals surface area contributed by atoms with Crippen molar-refractivity contribution in [2.75, 3.05) is 5.75 Å². The summed E-state index contributed by atoms with van der Waals surface area (Å²) < 4.78 is 0. The Bertz CT molecular complexity index is 1210. The number of nitrogens with zero attached hydrogens (tertiary/aromatic N) is 2. The second-order valence-corrected chi connectivity index (χ2v) is 9.62. The van der Waals surface area contributed by atoms with Crippen LogP contribution in [0.4, 0.5) is 0 Å². The predicted molar refractivity (Wildman–Crippen MR) is 128 cm³/mol. The molecule has 30 heavy (non-hydrogen) atoms. The Morgan fingerprint density at radius 2 is 1.80 bits per heavy atom. The molecule has 0 unspecified atom stereocenters. The molecule has 0 atom stereocenters. The van der Waals surface area contributed by atoms with Gasteiger partial charge >= 0.3 is 0 Å². The molecule has 0 radical (unpaired) electrons. The van der Waals surface area contributed by atoms with Gasteiger partial charge in [-0.3, -0.25) is 4.79 Å². The van der Waals surface area contributed by atoms with Crippen LogP contribution in [0.1, 0.15) is 46.8 Å². The van der Waals surface area contributed by atoms with Crippen molar-refractivity contribution in [2.45, 2.75) is 38.6 Å². The van der Waals surface area contributed by atoms with Crippen LogP contribution in [-0.2, 0) is 0 Å². The zero-order chi connectivity index (χ0) is 21.3. The quantitative estimate of drug-likeness (QED) is 0.186. The lowest BCUT2D eigenvalue weighted by molar-refractivity contribution is 0.102. The second kappa shape index (κ2) is 8.70. The lowest BCUT2D eigenvalue weighted by Gasteiger charge is -2.08. The van der Waals surface area contributed by atoms with Gasteiger partial charge in [0.05, 0.1) is 11.1 Å². The average molecular weight is 433 g/mol. The van der Waals surface area contributed by atoms with E-state index in [1.54, 1.807) is 17.7 Å². The van der Waals surface area contributed by atoms with Crippen molar-refractivity contribution in [2.24, 2.45) is 0 Å². The number of ketones is 1. The van der Waals surface area contributed by atoms with Crippen molar-refractivity contribution < 1.29 is 4.79 Å². The molecular weight excluding hydrogens is 408 g/mol. The number of carbonyl (C=O) groups is 1. The Hall–Kier alpha value is -2.50. The fourth-order valence-corrected chi connectivity index (χ4v) is 5.24. The van der Waals surface area contributed by atoms with Gasteiger partial charge in [0.25, 0.3) is 0 Å². The monoisotopic (exact) mass is 432 g/mol. The normalized spacial score (nSPS) is 11.4. The van der Waals surface area contributed by atoms with E-state index in [4.69, 9.17) is 0 Å². The molecule has 0 saturated carbocycles. The maximum atomic E-state index is 12.8. The summed E-state index contributed by atoms with van der Waals surface area (Å²) in [6, 6.07) is 14.6. The molecule has 5 heteroatoms.